The van der Waals surface area contributed by atoms with Gasteiger partial charge in [0.1, 0.15) is 0 Å². The van der Waals surface area contributed by atoms with Gasteiger partial charge in [-0.2, -0.15) is 0 Å². The van der Waals surface area contributed by atoms with Crippen LogP contribution in [0.3, 0.4) is 0 Å². The average molecular weight is 286 g/mol. The summed E-state index contributed by atoms with van der Waals surface area (Å²) in [5.41, 5.74) is 0.444. The summed E-state index contributed by atoms with van der Waals surface area (Å²) in [6.45, 7) is 4.32. The molecule has 0 aliphatic rings. The van der Waals surface area contributed by atoms with E-state index in [-0.39, 0.29) is 84.2 Å². The Balaban J connectivity index is 0. The Kier molecular flexibility index (Phi) is 12.3. The van der Waals surface area contributed by atoms with Gasteiger partial charge in [-0.15, -0.1) is 0 Å². The summed E-state index contributed by atoms with van der Waals surface area (Å²) in [5, 5.41) is 27.2. The summed E-state index contributed by atoms with van der Waals surface area (Å²) in [4.78, 5) is 11.5. The van der Waals surface area contributed by atoms with Crippen molar-refractivity contribution in [3.63, 3.8) is 0 Å². The standard InChI is InChI=1S/C12H22O5.K.H/c1-9(2)10(3)11(16)17-5-4-12(6-13,7-14)8-15;;/h13-15H,4-8H2,1-3H3;;. The fourth-order valence-corrected chi connectivity index (χ4v) is 1.06. The van der Waals surface area contributed by atoms with E-state index in [2.05, 4.69) is 0 Å². The molecule has 0 rings (SSSR count). The van der Waals surface area contributed by atoms with Crippen LogP contribution in [0.2, 0.25) is 0 Å². The molecule has 0 aliphatic carbocycles. The molecular weight excluding hydrogens is 263 g/mol. The number of ether oxygens (including phenoxy) is 1. The molecule has 3 N–H and O–H groups in total. The molecule has 0 aliphatic heterocycles. The summed E-state index contributed by atoms with van der Waals surface area (Å²) in [6.07, 6.45) is 0.221. The zero-order chi connectivity index (χ0) is 13.5. The minimum atomic E-state index is -0.987. The first-order valence-electron chi connectivity index (χ1n) is 5.56. The molecule has 18 heavy (non-hydrogen) atoms. The summed E-state index contributed by atoms with van der Waals surface area (Å²) in [7, 11) is 0. The van der Waals surface area contributed by atoms with Crippen molar-refractivity contribution in [1.29, 1.82) is 0 Å². The van der Waals surface area contributed by atoms with Gasteiger partial charge in [0.25, 0.3) is 0 Å². The first kappa shape index (κ1) is 21.0. The molecule has 0 aromatic rings. The van der Waals surface area contributed by atoms with Crippen molar-refractivity contribution < 1.29 is 24.9 Å². The molecule has 0 aromatic heterocycles. The maximum absolute atomic E-state index is 11.5. The van der Waals surface area contributed by atoms with Crippen LogP contribution in [0.4, 0.5) is 0 Å². The molecule has 0 saturated carbocycles. The van der Waals surface area contributed by atoms with Crippen molar-refractivity contribution in [2.75, 3.05) is 26.4 Å². The number of carbonyl (C=O) groups is 1. The molecular formula is C12H23KO5. The average Bonchev–Trinajstić information content (AvgIpc) is 2.34. The van der Waals surface area contributed by atoms with Crippen molar-refractivity contribution in [3.8, 4) is 0 Å². The van der Waals surface area contributed by atoms with Gasteiger partial charge in [0.05, 0.1) is 26.4 Å². The van der Waals surface area contributed by atoms with Crippen molar-refractivity contribution in [2.45, 2.75) is 27.2 Å². The number of hydrogen-bond acceptors (Lipinski definition) is 5. The fourth-order valence-electron chi connectivity index (χ4n) is 1.06. The van der Waals surface area contributed by atoms with E-state index in [4.69, 9.17) is 20.1 Å². The van der Waals surface area contributed by atoms with Gasteiger partial charge in [-0.1, -0.05) is 5.57 Å². The van der Waals surface area contributed by atoms with Crippen LogP contribution in [-0.2, 0) is 9.53 Å². The first-order valence-corrected chi connectivity index (χ1v) is 5.56. The Morgan fingerprint density at radius 2 is 1.50 bits per heavy atom. The number of rotatable bonds is 7. The summed E-state index contributed by atoms with van der Waals surface area (Å²) in [6, 6.07) is 0. The first-order chi connectivity index (χ1) is 7.92. The third-order valence-electron chi connectivity index (χ3n) is 2.93. The molecule has 0 fully saturated rings. The minimum absolute atomic E-state index is 0. The normalized spacial score (nSPS) is 10.6. The van der Waals surface area contributed by atoms with E-state index in [0.29, 0.717) is 5.57 Å². The van der Waals surface area contributed by atoms with E-state index in [1.807, 2.05) is 13.8 Å². The third-order valence-corrected chi connectivity index (χ3v) is 2.93. The van der Waals surface area contributed by atoms with Gasteiger partial charge in [-0.3, -0.25) is 0 Å². The van der Waals surface area contributed by atoms with Crippen LogP contribution in [0.25, 0.3) is 0 Å². The molecule has 5 nitrogen and oxygen atoms in total. The van der Waals surface area contributed by atoms with Crippen molar-refractivity contribution in [1.82, 2.24) is 0 Å². The topological polar surface area (TPSA) is 87.0 Å². The number of carbonyl (C=O) groups excluding carboxylic acids is 1. The number of allylic oxidation sites excluding steroid dienone is 1. The monoisotopic (exact) mass is 286 g/mol. The molecule has 0 spiro atoms. The number of esters is 1. The Hall–Kier alpha value is 0.726. The van der Waals surface area contributed by atoms with E-state index in [1.54, 1.807) is 6.92 Å². The molecule has 102 valence electrons. The van der Waals surface area contributed by atoms with Crippen molar-refractivity contribution in [3.05, 3.63) is 11.1 Å². The van der Waals surface area contributed by atoms with Crippen molar-refractivity contribution >= 4 is 57.4 Å². The Labute approximate surface area is 151 Å². The van der Waals surface area contributed by atoms with E-state index < -0.39 is 11.4 Å². The summed E-state index contributed by atoms with van der Waals surface area (Å²) in [5.74, 6) is -0.410. The predicted molar refractivity (Wildman–Crippen MR) is 70.5 cm³/mol. The molecule has 0 heterocycles. The SMILES string of the molecule is CC(C)=C(C)C(=O)OCCC(CO)(CO)CO.[KH]. The van der Waals surface area contributed by atoms with Crippen LogP contribution < -0.4 is 0 Å². The van der Waals surface area contributed by atoms with Gasteiger partial charge in [0.2, 0.25) is 0 Å². The van der Waals surface area contributed by atoms with Gasteiger partial charge in [0.15, 0.2) is 0 Å². The van der Waals surface area contributed by atoms with Gasteiger partial charge < -0.3 is 20.1 Å². The molecule has 0 bridgehead atoms. The molecule has 0 radical (unpaired) electrons. The van der Waals surface area contributed by atoms with E-state index in [9.17, 15) is 4.79 Å². The van der Waals surface area contributed by atoms with E-state index >= 15 is 0 Å². The van der Waals surface area contributed by atoms with Gasteiger partial charge in [0, 0.05) is 11.0 Å². The second-order valence-corrected chi connectivity index (χ2v) is 4.49. The van der Waals surface area contributed by atoms with E-state index in [0.717, 1.165) is 5.57 Å². The summed E-state index contributed by atoms with van der Waals surface area (Å²) >= 11 is 0. The van der Waals surface area contributed by atoms with E-state index in [1.165, 1.54) is 0 Å². The number of aliphatic hydroxyl groups excluding tert-OH is 3. The zero-order valence-electron chi connectivity index (χ0n) is 10.7. The fraction of sp³-hybridized carbons (Fsp3) is 0.750. The predicted octanol–water partition coefficient (Wildman–Crippen LogP) is -0.409. The van der Waals surface area contributed by atoms with Gasteiger partial charge in [-0.05, 0) is 27.2 Å². The Morgan fingerprint density at radius 3 is 1.83 bits per heavy atom. The van der Waals surface area contributed by atoms with Crippen LogP contribution in [0.5, 0.6) is 0 Å². The molecule has 0 unspecified atom stereocenters. The second-order valence-electron chi connectivity index (χ2n) is 4.49. The molecule has 0 saturated heterocycles. The quantitative estimate of drug-likeness (QED) is 0.336. The van der Waals surface area contributed by atoms with Crippen LogP contribution >= 0.6 is 0 Å². The van der Waals surface area contributed by atoms with Crippen molar-refractivity contribution in [2.24, 2.45) is 5.41 Å². The number of aliphatic hydroxyl groups is 3. The maximum atomic E-state index is 11.5. The Morgan fingerprint density at radius 1 is 1.06 bits per heavy atom. The van der Waals surface area contributed by atoms with Crippen LogP contribution in [0.1, 0.15) is 27.2 Å². The van der Waals surface area contributed by atoms with Crippen LogP contribution in [0.15, 0.2) is 11.1 Å². The molecule has 0 aromatic carbocycles. The summed E-state index contributed by atoms with van der Waals surface area (Å²) < 4.78 is 5.00. The second kappa shape index (κ2) is 10.5. The molecule has 0 amide bonds. The van der Waals surface area contributed by atoms with Gasteiger partial charge >= 0.3 is 57.4 Å². The van der Waals surface area contributed by atoms with Crippen LogP contribution in [-0.4, -0.2) is 99.1 Å². The third kappa shape index (κ3) is 6.77. The van der Waals surface area contributed by atoms with Crippen LogP contribution in [0, 0.1) is 5.41 Å². The number of hydrogen-bond donors (Lipinski definition) is 3. The zero-order valence-corrected chi connectivity index (χ0v) is 10.7. The Bertz CT molecular complexity index is 272. The molecule has 0 atom stereocenters. The van der Waals surface area contributed by atoms with Gasteiger partial charge in [-0.25, -0.2) is 4.79 Å². The molecule has 6 heteroatoms.